The molecule has 0 aliphatic heterocycles. The Kier molecular flexibility index (Phi) is 15.6. The predicted octanol–water partition coefficient (Wildman–Crippen LogP) is 7.97. The van der Waals surface area contributed by atoms with Crippen LogP contribution in [0, 0.1) is 5.92 Å². The number of aromatic hydroxyl groups is 1. The smallest absolute Gasteiger partial charge is 0.341 e. The molecule has 0 bridgehead atoms. The Morgan fingerprint density at radius 2 is 1.68 bits per heavy atom. The Morgan fingerprint density at radius 3 is 2.35 bits per heavy atom. The van der Waals surface area contributed by atoms with Crippen LogP contribution in [0.25, 0.3) is 0 Å². The Hall–Kier alpha value is -1.20. The molecule has 0 amide bonds. The highest BCUT2D eigenvalue weighted by molar-refractivity contribution is 7.99. The Bertz CT molecular complexity index is 605. The second-order valence-corrected chi connectivity index (χ2v) is 9.68. The molecule has 0 fully saturated rings. The Labute approximate surface area is 194 Å². The zero-order valence-electron chi connectivity index (χ0n) is 20.2. The summed E-state index contributed by atoms with van der Waals surface area (Å²) in [5.74, 6) is -0.0827. The minimum absolute atomic E-state index is 0.00881. The first-order valence-corrected chi connectivity index (χ1v) is 13.2. The number of unbranched alkanes of at least 4 members (excludes halogenated alkanes) is 7. The third-order valence-corrected chi connectivity index (χ3v) is 6.66. The molecule has 1 aromatic carbocycles. The first-order valence-electron chi connectivity index (χ1n) is 12.3. The first kappa shape index (κ1) is 27.8. The van der Waals surface area contributed by atoms with Crippen LogP contribution >= 0.6 is 11.8 Å². The fourth-order valence-electron chi connectivity index (χ4n) is 3.47. The van der Waals surface area contributed by atoms with Gasteiger partial charge in [0.2, 0.25) is 0 Å². The number of phenols is 1. The third-order valence-electron chi connectivity index (χ3n) is 5.61. The van der Waals surface area contributed by atoms with Gasteiger partial charge in [-0.3, -0.25) is 0 Å². The number of carbonyl (C=O) groups excluding carboxylic acids is 1. The highest BCUT2D eigenvalue weighted by Gasteiger charge is 2.19. The van der Waals surface area contributed by atoms with Crippen molar-refractivity contribution in [3.8, 4) is 5.75 Å². The number of phenolic OH excluding ortho intramolecular Hbond substituents is 1. The van der Waals surface area contributed by atoms with Crippen LogP contribution < -0.4 is 0 Å². The van der Waals surface area contributed by atoms with Crippen molar-refractivity contribution in [2.75, 3.05) is 13.2 Å². The monoisotopic (exact) mass is 452 g/mol. The maximum atomic E-state index is 12.5. The molecule has 2 unspecified atom stereocenters. The number of hydrogen-bond donors (Lipinski definition) is 1. The molecular weight excluding hydrogens is 408 g/mol. The van der Waals surface area contributed by atoms with Crippen LogP contribution in [-0.2, 0) is 9.47 Å². The van der Waals surface area contributed by atoms with Crippen LogP contribution in [0.1, 0.15) is 109 Å². The van der Waals surface area contributed by atoms with E-state index >= 15 is 0 Å². The second-order valence-electron chi connectivity index (χ2n) is 8.34. The zero-order valence-corrected chi connectivity index (χ0v) is 21.0. The standard InChI is InChI=1S/C26H44O4S/c1-5-8-10-11-12-13-14-19-29-21(4)31-24-18-15-17-23(25(24)27)26(28)30-20-22(7-3)16-9-6-2/h15,17-18,21-22,27H,5-14,16,19-20H2,1-4H3. The lowest BCUT2D eigenvalue weighted by molar-refractivity contribution is 0.0424. The van der Waals surface area contributed by atoms with Gasteiger partial charge in [0.25, 0.3) is 0 Å². The summed E-state index contributed by atoms with van der Waals surface area (Å²) in [6.45, 7) is 9.64. The molecule has 0 aliphatic carbocycles. The topological polar surface area (TPSA) is 55.8 Å². The molecule has 0 radical (unpaired) electrons. The van der Waals surface area contributed by atoms with Crippen molar-refractivity contribution in [1.82, 2.24) is 0 Å². The van der Waals surface area contributed by atoms with Crippen molar-refractivity contribution >= 4 is 17.7 Å². The Morgan fingerprint density at radius 1 is 1.00 bits per heavy atom. The molecule has 5 heteroatoms. The van der Waals surface area contributed by atoms with Gasteiger partial charge in [-0.2, -0.15) is 0 Å². The fraction of sp³-hybridized carbons (Fsp3) is 0.731. The average molecular weight is 453 g/mol. The van der Waals surface area contributed by atoms with Crippen molar-refractivity contribution in [1.29, 1.82) is 0 Å². The van der Waals surface area contributed by atoms with E-state index in [-0.39, 0.29) is 16.7 Å². The van der Waals surface area contributed by atoms with E-state index in [1.807, 2.05) is 13.0 Å². The van der Waals surface area contributed by atoms with Crippen molar-refractivity contribution in [3.05, 3.63) is 23.8 Å². The number of para-hydroxylation sites is 1. The van der Waals surface area contributed by atoms with Crippen LogP contribution in [0.4, 0.5) is 0 Å². The van der Waals surface area contributed by atoms with Crippen molar-refractivity contribution in [3.63, 3.8) is 0 Å². The molecule has 1 rings (SSSR count). The number of benzene rings is 1. The van der Waals surface area contributed by atoms with Gasteiger partial charge < -0.3 is 14.6 Å². The molecule has 0 spiro atoms. The highest BCUT2D eigenvalue weighted by Crippen LogP contribution is 2.35. The fourth-order valence-corrected chi connectivity index (χ4v) is 4.37. The van der Waals surface area contributed by atoms with E-state index in [0.29, 0.717) is 17.4 Å². The molecule has 4 nitrogen and oxygen atoms in total. The summed E-state index contributed by atoms with van der Waals surface area (Å²) < 4.78 is 11.4. The zero-order chi connectivity index (χ0) is 22.9. The van der Waals surface area contributed by atoms with Gasteiger partial charge in [0.1, 0.15) is 16.7 Å². The lowest BCUT2D eigenvalue weighted by atomic mass is 10.0. The van der Waals surface area contributed by atoms with Crippen LogP contribution in [0.5, 0.6) is 5.75 Å². The number of carbonyl (C=O) groups is 1. The SMILES string of the molecule is CCCCCCCCCOC(C)Sc1cccc(C(=O)OCC(CC)CCCC)c1O. The molecular formula is C26H44O4S. The van der Waals surface area contributed by atoms with E-state index in [0.717, 1.165) is 38.7 Å². The summed E-state index contributed by atoms with van der Waals surface area (Å²) >= 11 is 1.44. The molecule has 178 valence electrons. The molecule has 1 aromatic rings. The van der Waals surface area contributed by atoms with Crippen LogP contribution in [0.15, 0.2) is 23.1 Å². The molecule has 0 aliphatic rings. The molecule has 1 N–H and O–H groups in total. The first-order chi connectivity index (χ1) is 15.0. The lowest BCUT2D eigenvalue weighted by Crippen LogP contribution is -2.14. The van der Waals surface area contributed by atoms with E-state index in [9.17, 15) is 9.90 Å². The quantitative estimate of drug-likeness (QED) is 0.106. The molecule has 0 saturated heterocycles. The summed E-state index contributed by atoms with van der Waals surface area (Å²) in [5.41, 5.74) is 0.144. The van der Waals surface area contributed by atoms with E-state index < -0.39 is 5.97 Å². The molecule has 0 aromatic heterocycles. The van der Waals surface area contributed by atoms with Gasteiger partial charge in [0.15, 0.2) is 0 Å². The number of esters is 1. The summed E-state index contributed by atoms with van der Waals surface area (Å²) in [6.07, 6.45) is 13.1. The largest absolute Gasteiger partial charge is 0.506 e. The maximum absolute atomic E-state index is 12.5. The second kappa shape index (κ2) is 17.4. The summed E-state index contributed by atoms with van der Waals surface area (Å²) in [4.78, 5) is 13.2. The number of hydrogen-bond acceptors (Lipinski definition) is 5. The van der Waals surface area contributed by atoms with Crippen molar-refractivity contribution in [2.45, 2.75) is 109 Å². The summed E-state index contributed by atoms with van der Waals surface area (Å²) in [6, 6.07) is 5.23. The molecule has 2 atom stereocenters. The number of ether oxygens (including phenoxy) is 2. The predicted molar refractivity (Wildman–Crippen MR) is 131 cm³/mol. The highest BCUT2D eigenvalue weighted by atomic mass is 32.2. The number of rotatable bonds is 18. The Balaban J connectivity index is 2.43. The van der Waals surface area contributed by atoms with Gasteiger partial charge in [-0.15, -0.1) is 0 Å². The van der Waals surface area contributed by atoms with Gasteiger partial charge in [-0.05, 0) is 37.8 Å². The van der Waals surface area contributed by atoms with Crippen LogP contribution in [0.2, 0.25) is 0 Å². The van der Waals surface area contributed by atoms with Gasteiger partial charge in [0, 0.05) is 6.61 Å². The minimum atomic E-state index is -0.452. The van der Waals surface area contributed by atoms with E-state index in [1.165, 1.54) is 50.3 Å². The minimum Gasteiger partial charge on any atom is -0.506 e. The summed E-state index contributed by atoms with van der Waals surface area (Å²) in [5, 5.41) is 10.6. The average Bonchev–Trinajstić information content (AvgIpc) is 2.77. The van der Waals surface area contributed by atoms with Crippen LogP contribution in [-0.4, -0.2) is 29.7 Å². The number of thioether (sulfide) groups is 1. The van der Waals surface area contributed by atoms with E-state index in [1.54, 1.807) is 12.1 Å². The van der Waals surface area contributed by atoms with Gasteiger partial charge in [0.05, 0.1) is 11.5 Å². The van der Waals surface area contributed by atoms with Gasteiger partial charge in [-0.1, -0.05) is 96.4 Å². The molecule has 31 heavy (non-hydrogen) atoms. The van der Waals surface area contributed by atoms with Crippen molar-refractivity contribution in [2.24, 2.45) is 5.92 Å². The van der Waals surface area contributed by atoms with Gasteiger partial charge in [-0.25, -0.2) is 4.79 Å². The maximum Gasteiger partial charge on any atom is 0.341 e. The molecule has 0 heterocycles. The third kappa shape index (κ3) is 11.8. The molecule has 0 saturated carbocycles. The van der Waals surface area contributed by atoms with Crippen molar-refractivity contribution < 1.29 is 19.4 Å². The van der Waals surface area contributed by atoms with Gasteiger partial charge >= 0.3 is 5.97 Å². The normalized spacial score (nSPS) is 13.2. The van der Waals surface area contributed by atoms with E-state index in [2.05, 4.69) is 20.8 Å². The lowest BCUT2D eigenvalue weighted by Gasteiger charge is -2.16. The van der Waals surface area contributed by atoms with Crippen LogP contribution in [0.3, 0.4) is 0 Å². The summed E-state index contributed by atoms with van der Waals surface area (Å²) in [7, 11) is 0. The van der Waals surface area contributed by atoms with E-state index in [4.69, 9.17) is 9.47 Å².